The fourth-order valence-corrected chi connectivity index (χ4v) is 3.23. The fraction of sp³-hybridized carbons (Fsp3) is 0. The van der Waals surface area contributed by atoms with Crippen LogP contribution in [-0.4, -0.2) is 0 Å². The molecule has 0 unspecified atom stereocenters. The van der Waals surface area contributed by atoms with Crippen LogP contribution in [0.4, 0.5) is 5.69 Å². The predicted molar refractivity (Wildman–Crippen MR) is 107 cm³/mol. The second-order valence-corrected chi connectivity index (χ2v) is 6.08. The molecule has 1 heteroatoms. The van der Waals surface area contributed by atoms with E-state index in [4.69, 9.17) is 5.73 Å². The minimum atomic E-state index is 0.800. The smallest absolute Gasteiger partial charge is 0.0400 e. The molecule has 0 spiro atoms. The third-order valence-corrected chi connectivity index (χ3v) is 4.44. The van der Waals surface area contributed by atoms with E-state index in [1.54, 1.807) is 0 Å². The van der Waals surface area contributed by atoms with E-state index in [1.807, 2.05) is 36.4 Å². The Bertz CT molecular complexity index is 989. The normalized spacial score (nSPS) is 10.6. The molecule has 0 amide bonds. The van der Waals surface area contributed by atoms with E-state index in [1.165, 1.54) is 16.7 Å². The second kappa shape index (κ2) is 6.66. The van der Waals surface area contributed by atoms with Crippen LogP contribution in [0.25, 0.3) is 33.4 Å². The van der Waals surface area contributed by atoms with E-state index in [9.17, 15) is 0 Å². The molecular weight excluding hydrogens is 302 g/mol. The van der Waals surface area contributed by atoms with Crippen LogP contribution in [0, 0.1) is 0 Å². The molecule has 0 atom stereocenters. The largest absolute Gasteiger partial charge is 0.398 e. The lowest BCUT2D eigenvalue weighted by molar-refractivity contribution is 1.56. The zero-order chi connectivity index (χ0) is 17.1. The Morgan fingerprint density at radius 2 is 1.00 bits per heavy atom. The van der Waals surface area contributed by atoms with Crippen LogP contribution in [0.2, 0.25) is 0 Å². The summed E-state index contributed by atoms with van der Waals surface area (Å²) >= 11 is 0. The van der Waals surface area contributed by atoms with Gasteiger partial charge in [0.25, 0.3) is 0 Å². The standard InChI is InChI=1S/C24H19N/c25-23-16-8-15-22(24(23)19-11-5-2-6-12-19)21-14-7-13-20(17-21)18-9-3-1-4-10-18/h1-17H,25H2. The number of anilines is 1. The van der Waals surface area contributed by atoms with Crippen LogP contribution in [0.5, 0.6) is 0 Å². The molecule has 0 aliphatic carbocycles. The zero-order valence-electron chi connectivity index (χ0n) is 13.9. The monoisotopic (exact) mass is 321 g/mol. The van der Waals surface area contributed by atoms with Gasteiger partial charge in [-0.15, -0.1) is 0 Å². The molecule has 4 rings (SSSR count). The van der Waals surface area contributed by atoms with Gasteiger partial charge in [-0.25, -0.2) is 0 Å². The van der Waals surface area contributed by atoms with Crippen LogP contribution in [0.3, 0.4) is 0 Å². The van der Waals surface area contributed by atoms with Crippen molar-refractivity contribution in [2.24, 2.45) is 0 Å². The van der Waals surface area contributed by atoms with Crippen molar-refractivity contribution < 1.29 is 0 Å². The molecular formula is C24H19N. The third kappa shape index (κ3) is 3.05. The van der Waals surface area contributed by atoms with Gasteiger partial charge in [0.15, 0.2) is 0 Å². The Labute approximate surface area is 148 Å². The molecule has 4 aromatic carbocycles. The highest BCUT2D eigenvalue weighted by molar-refractivity contribution is 5.91. The molecule has 0 bridgehead atoms. The van der Waals surface area contributed by atoms with E-state index < -0.39 is 0 Å². The molecule has 2 N–H and O–H groups in total. The van der Waals surface area contributed by atoms with Crippen LogP contribution in [0.1, 0.15) is 0 Å². The second-order valence-electron chi connectivity index (χ2n) is 6.08. The lowest BCUT2D eigenvalue weighted by atomic mass is 9.91. The minimum absolute atomic E-state index is 0.800. The first kappa shape index (κ1) is 15.2. The van der Waals surface area contributed by atoms with E-state index >= 15 is 0 Å². The van der Waals surface area contributed by atoms with Gasteiger partial charge in [-0.3, -0.25) is 0 Å². The zero-order valence-corrected chi connectivity index (χ0v) is 13.9. The Morgan fingerprint density at radius 1 is 0.440 bits per heavy atom. The summed E-state index contributed by atoms with van der Waals surface area (Å²) in [6.45, 7) is 0. The third-order valence-electron chi connectivity index (χ3n) is 4.44. The molecule has 4 aromatic rings. The Hall–Kier alpha value is -3.32. The Balaban J connectivity index is 1.88. The summed E-state index contributed by atoms with van der Waals surface area (Å²) < 4.78 is 0. The molecule has 120 valence electrons. The quantitative estimate of drug-likeness (QED) is 0.442. The number of nitrogen functional groups attached to an aromatic ring is 1. The number of hydrogen-bond acceptors (Lipinski definition) is 1. The van der Waals surface area contributed by atoms with Gasteiger partial charge in [-0.1, -0.05) is 91.0 Å². The average Bonchev–Trinajstić information content (AvgIpc) is 2.69. The van der Waals surface area contributed by atoms with Crippen molar-refractivity contribution in [2.45, 2.75) is 0 Å². The summed E-state index contributed by atoms with van der Waals surface area (Å²) in [7, 11) is 0. The summed E-state index contributed by atoms with van der Waals surface area (Å²) in [4.78, 5) is 0. The van der Waals surface area contributed by atoms with Gasteiger partial charge in [0, 0.05) is 11.3 Å². The number of rotatable bonds is 3. The molecule has 25 heavy (non-hydrogen) atoms. The first-order valence-electron chi connectivity index (χ1n) is 8.43. The van der Waals surface area contributed by atoms with Crippen LogP contribution in [-0.2, 0) is 0 Å². The van der Waals surface area contributed by atoms with Crippen molar-refractivity contribution in [2.75, 3.05) is 5.73 Å². The molecule has 0 aliphatic heterocycles. The average molecular weight is 321 g/mol. The first-order chi connectivity index (χ1) is 12.3. The lowest BCUT2D eigenvalue weighted by Crippen LogP contribution is -1.93. The maximum Gasteiger partial charge on any atom is 0.0400 e. The van der Waals surface area contributed by atoms with Crippen molar-refractivity contribution in [3.63, 3.8) is 0 Å². The van der Waals surface area contributed by atoms with Gasteiger partial charge in [0.2, 0.25) is 0 Å². The highest BCUT2D eigenvalue weighted by Crippen LogP contribution is 2.37. The Kier molecular flexibility index (Phi) is 4.05. The first-order valence-corrected chi connectivity index (χ1v) is 8.43. The maximum atomic E-state index is 6.34. The van der Waals surface area contributed by atoms with Crippen molar-refractivity contribution in [3.8, 4) is 33.4 Å². The molecule has 0 saturated carbocycles. The van der Waals surface area contributed by atoms with E-state index in [0.29, 0.717) is 0 Å². The number of benzene rings is 4. The van der Waals surface area contributed by atoms with E-state index in [0.717, 1.165) is 22.4 Å². The van der Waals surface area contributed by atoms with E-state index in [2.05, 4.69) is 66.7 Å². The molecule has 1 nitrogen and oxygen atoms in total. The van der Waals surface area contributed by atoms with Crippen LogP contribution in [0.15, 0.2) is 103 Å². The topological polar surface area (TPSA) is 26.0 Å². The number of nitrogens with two attached hydrogens (primary N) is 1. The molecule has 0 fully saturated rings. The summed E-state index contributed by atoms with van der Waals surface area (Å²) in [6.07, 6.45) is 0. The maximum absolute atomic E-state index is 6.34. The summed E-state index contributed by atoms with van der Waals surface area (Å²) in [5.41, 5.74) is 14.1. The molecule has 0 radical (unpaired) electrons. The highest BCUT2D eigenvalue weighted by Gasteiger charge is 2.11. The van der Waals surface area contributed by atoms with Gasteiger partial charge in [-0.2, -0.15) is 0 Å². The lowest BCUT2D eigenvalue weighted by Gasteiger charge is -2.14. The number of hydrogen-bond donors (Lipinski definition) is 1. The van der Waals surface area contributed by atoms with Gasteiger partial charge < -0.3 is 5.73 Å². The molecule has 0 heterocycles. The van der Waals surface area contributed by atoms with Crippen LogP contribution >= 0.6 is 0 Å². The van der Waals surface area contributed by atoms with Gasteiger partial charge >= 0.3 is 0 Å². The van der Waals surface area contributed by atoms with Crippen molar-refractivity contribution in [1.82, 2.24) is 0 Å². The molecule has 0 aromatic heterocycles. The SMILES string of the molecule is Nc1cccc(-c2cccc(-c3ccccc3)c2)c1-c1ccccc1. The molecule has 0 aliphatic rings. The van der Waals surface area contributed by atoms with Crippen molar-refractivity contribution >= 4 is 5.69 Å². The van der Waals surface area contributed by atoms with Crippen molar-refractivity contribution in [1.29, 1.82) is 0 Å². The van der Waals surface area contributed by atoms with Gasteiger partial charge in [0.05, 0.1) is 0 Å². The highest BCUT2D eigenvalue weighted by atomic mass is 14.6. The summed E-state index contributed by atoms with van der Waals surface area (Å²) in [5, 5.41) is 0. The minimum Gasteiger partial charge on any atom is -0.398 e. The Morgan fingerprint density at radius 3 is 1.72 bits per heavy atom. The van der Waals surface area contributed by atoms with Gasteiger partial charge in [-0.05, 0) is 39.9 Å². The molecule has 0 saturated heterocycles. The van der Waals surface area contributed by atoms with Gasteiger partial charge in [0.1, 0.15) is 0 Å². The summed E-state index contributed by atoms with van der Waals surface area (Å²) in [5.74, 6) is 0. The van der Waals surface area contributed by atoms with Crippen molar-refractivity contribution in [3.05, 3.63) is 103 Å². The van der Waals surface area contributed by atoms with E-state index in [-0.39, 0.29) is 0 Å². The summed E-state index contributed by atoms with van der Waals surface area (Å²) in [6, 6.07) is 35.5. The van der Waals surface area contributed by atoms with Crippen LogP contribution < -0.4 is 5.73 Å². The predicted octanol–water partition coefficient (Wildman–Crippen LogP) is 6.27. The fourth-order valence-electron chi connectivity index (χ4n) is 3.23.